The molecule has 2 rings (SSSR count). The van der Waals surface area contributed by atoms with E-state index in [-0.39, 0.29) is 17.9 Å². The van der Waals surface area contributed by atoms with Crippen molar-refractivity contribution in [3.8, 4) is 5.75 Å². The van der Waals surface area contributed by atoms with Gasteiger partial charge in [0.2, 0.25) is 0 Å². The summed E-state index contributed by atoms with van der Waals surface area (Å²) in [5.74, 6) is 0.893. The zero-order chi connectivity index (χ0) is 10.9. The van der Waals surface area contributed by atoms with Gasteiger partial charge in [-0.1, -0.05) is 13.0 Å². The Hall–Kier alpha value is -0.250. The van der Waals surface area contributed by atoms with E-state index in [1.165, 1.54) is 5.56 Å². The van der Waals surface area contributed by atoms with E-state index in [9.17, 15) is 0 Å². The first-order valence-electron chi connectivity index (χ1n) is 5.33. The summed E-state index contributed by atoms with van der Waals surface area (Å²) in [6.07, 6.45) is 3.20. The number of nitrogens with two attached hydrogens (primary N) is 1. The van der Waals surface area contributed by atoms with Gasteiger partial charge < -0.3 is 10.5 Å². The summed E-state index contributed by atoms with van der Waals surface area (Å²) < 4.78 is 6.71. The molecule has 1 saturated carbocycles. The van der Waals surface area contributed by atoms with Crippen molar-refractivity contribution in [3.05, 3.63) is 28.2 Å². The molecule has 1 aliphatic rings. The van der Waals surface area contributed by atoms with E-state index in [4.69, 9.17) is 10.5 Å². The van der Waals surface area contributed by atoms with Crippen LogP contribution in [0, 0.1) is 0 Å². The van der Waals surface area contributed by atoms with Crippen LogP contribution in [0.2, 0.25) is 0 Å². The van der Waals surface area contributed by atoms with Crippen molar-refractivity contribution < 1.29 is 4.74 Å². The lowest BCUT2D eigenvalue weighted by molar-refractivity contribution is 0.278. The molecule has 2 nitrogen and oxygen atoms in total. The Morgan fingerprint density at radius 2 is 2.12 bits per heavy atom. The van der Waals surface area contributed by atoms with Crippen molar-refractivity contribution in [2.75, 3.05) is 6.61 Å². The second-order valence-corrected chi connectivity index (χ2v) is 5.12. The maximum absolute atomic E-state index is 5.96. The maximum atomic E-state index is 5.96. The molecule has 0 unspecified atom stereocenters. The van der Waals surface area contributed by atoms with Crippen LogP contribution in [-0.4, -0.2) is 12.1 Å². The third kappa shape index (κ3) is 3.37. The number of aryl methyl sites for hydroxylation is 1. The highest BCUT2D eigenvalue weighted by atomic mass is 79.9. The van der Waals surface area contributed by atoms with E-state index in [1.54, 1.807) is 0 Å². The van der Waals surface area contributed by atoms with Crippen LogP contribution in [0.1, 0.15) is 25.3 Å². The quantitative estimate of drug-likeness (QED) is 0.926. The lowest BCUT2D eigenvalue weighted by Crippen LogP contribution is -2.29. The molecule has 1 aromatic carbocycles. The van der Waals surface area contributed by atoms with Gasteiger partial charge in [0.1, 0.15) is 12.4 Å². The first-order chi connectivity index (χ1) is 7.13. The minimum absolute atomic E-state index is 0. The summed E-state index contributed by atoms with van der Waals surface area (Å²) in [6.45, 7) is 2.76. The summed E-state index contributed by atoms with van der Waals surface area (Å²) in [5, 5.41) is 0. The smallest absolute Gasteiger partial charge is 0.133 e. The zero-order valence-corrected chi connectivity index (χ0v) is 11.7. The van der Waals surface area contributed by atoms with E-state index in [1.807, 2.05) is 6.07 Å². The topological polar surface area (TPSA) is 35.2 Å². The van der Waals surface area contributed by atoms with E-state index >= 15 is 0 Å². The van der Waals surface area contributed by atoms with Gasteiger partial charge in [0.25, 0.3) is 0 Å². The van der Waals surface area contributed by atoms with Crippen LogP contribution in [-0.2, 0) is 6.42 Å². The van der Waals surface area contributed by atoms with Crippen molar-refractivity contribution in [3.63, 3.8) is 0 Å². The van der Waals surface area contributed by atoms with E-state index in [2.05, 4.69) is 35.0 Å². The van der Waals surface area contributed by atoms with Crippen molar-refractivity contribution in [2.45, 2.75) is 31.7 Å². The predicted molar refractivity (Wildman–Crippen MR) is 72.4 cm³/mol. The van der Waals surface area contributed by atoms with Crippen molar-refractivity contribution in [2.24, 2.45) is 5.73 Å². The van der Waals surface area contributed by atoms with Gasteiger partial charge in [-0.15, -0.1) is 12.4 Å². The Kier molecular flexibility index (Phi) is 4.65. The zero-order valence-electron chi connectivity index (χ0n) is 9.33. The van der Waals surface area contributed by atoms with Crippen molar-refractivity contribution in [1.29, 1.82) is 0 Å². The number of hydrogen-bond acceptors (Lipinski definition) is 2. The van der Waals surface area contributed by atoms with Gasteiger partial charge in [0.05, 0.1) is 10.0 Å². The van der Waals surface area contributed by atoms with E-state index in [0.717, 1.165) is 29.5 Å². The molecule has 0 atom stereocenters. The molecule has 0 amide bonds. The van der Waals surface area contributed by atoms with Crippen LogP contribution in [0.4, 0.5) is 0 Å². The molecular weight excluding hydrogens is 289 g/mol. The fraction of sp³-hybridized carbons (Fsp3) is 0.500. The largest absolute Gasteiger partial charge is 0.490 e. The summed E-state index contributed by atoms with van der Waals surface area (Å²) in [7, 11) is 0. The van der Waals surface area contributed by atoms with Crippen LogP contribution in [0.3, 0.4) is 0 Å². The molecule has 16 heavy (non-hydrogen) atoms. The Bertz CT molecular complexity index is 366. The highest BCUT2D eigenvalue weighted by molar-refractivity contribution is 9.10. The monoisotopic (exact) mass is 305 g/mol. The third-order valence-electron chi connectivity index (χ3n) is 2.81. The van der Waals surface area contributed by atoms with Gasteiger partial charge in [-0.2, -0.15) is 0 Å². The summed E-state index contributed by atoms with van der Waals surface area (Å²) in [4.78, 5) is 0. The first-order valence-corrected chi connectivity index (χ1v) is 6.12. The molecule has 1 aliphatic carbocycles. The highest BCUT2D eigenvalue weighted by Crippen LogP contribution is 2.34. The minimum Gasteiger partial charge on any atom is -0.490 e. The average molecular weight is 307 g/mol. The van der Waals surface area contributed by atoms with Crippen LogP contribution in [0.25, 0.3) is 0 Å². The van der Waals surface area contributed by atoms with Crippen LogP contribution < -0.4 is 10.5 Å². The number of rotatable bonds is 4. The van der Waals surface area contributed by atoms with Gasteiger partial charge in [-0.3, -0.25) is 0 Å². The number of benzene rings is 1. The SMILES string of the molecule is CCc1ccc(OCC2(N)CC2)c(Br)c1.Cl. The molecular formula is C12H17BrClNO. The Labute approximate surface area is 111 Å². The number of ether oxygens (including phenoxy) is 1. The molecule has 1 aromatic rings. The molecule has 90 valence electrons. The minimum atomic E-state index is -0.0527. The van der Waals surface area contributed by atoms with E-state index < -0.39 is 0 Å². The summed E-state index contributed by atoms with van der Waals surface area (Å²) in [5.41, 5.74) is 7.22. The van der Waals surface area contributed by atoms with Crippen LogP contribution in [0.15, 0.2) is 22.7 Å². The Balaban J connectivity index is 0.00000128. The van der Waals surface area contributed by atoms with Crippen LogP contribution in [0.5, 0.6) is 5.75 Å². The van der Waals surface area contributed by atoms with Gasteiger partial charge >= 0.3 is 0 Å². The third-order valence-corrected chi connectivity index (χ3v) is 3.43. The molecule has 2 N–H and O–H groups in total. The highest BCUT2D eigenvalue weighted by Gasteiger charge is 2.39. The van der Waals surface area contributed by atoms with Crippen molar-refractivity contribution in [1.82, 2.24) is 0 Å². The second kappa shape index (κ2) is 5.39. The van der Waals surface area contributed by atoms with Gasteiger partial charge in [0, 0.05) is 0 Å². The molecule has 1 fully saturated rings. The first kappa shape index (κ1) is 13.8. The molecule has 0 aromatic heterocycles. The second-order valence-electron chi connectivity index (χ2n) is 4.27. The molecule has 0 bridgehead atoms. The standard InChI is InChI=1S/C12H16BrNO.ClH/c1-2-9-3-4-11(10(13)7-9)15-8-12(14)5-6-12;/h3-4,7H,2,5-6,8,14H2,1H3;1H. The number of hydrogen-bond donors (Lipinski definition) is 1. The molecule has 0 heterocycles. The fourth-order valence-electron chi connectivity index (χ4n) is 1.41. The predicted octanol–water partition coefficient (Wildman–Crippen LogP) is 3.30. The van der Waals surface area contributed by atoms with Crippen LogP contribution >= 0.6 is 28.3 Å². The van der Waals surface area contributed by atoms with E-state index in [0.29, 0.717) is 6.61 Å². The molecule has 0 spiro atoms. The van der Waals surface area contributed by atoms with Gasteiger partial charge in [0.15, 0.2) is 0 Å². The Morgan fingerprint density at radius 3 is 2.62 bits per heavy atom. The Morgan fingerprint density at radius 1 is 1.44 bits per heavy atom. The lowest BCUT2D eigenvalue weighted by atomic mass is 10.2. The lowest BCUT2D eigenvalue weighted by Gasteiger charge is -2.12. The molecule has 0 saturated heterocycles. The van der Waals surface area contributed by atoms with Gasteiger partial charge in [-0.05, 0) is 52.9 Å². The summed E-state index contributed by atoms with van der Waals surface area (Å²) in [6, 6.07) is 6.20. The van der Waals surface area contributed by atoms with Gasteiger partial charge in [-0.25, -0.2) is 0 Å². The van der Waals surface area contributed by atoms with Crippen molar-refractivity contribution >= 4 is 28.3 Å². The fourth-order valence-corrected chi connectivity index (χ4v) is 1.95. The molecule has 4 heteroatoms. The molecule has 0 radical (unpaired) electrons. The number of halogens is 2. The maximum Gasteiger partial charge on any atom is 0.133 e. The molecule has 0 aliphatic heterocycles. The average Bonchev–Trinajstić information content (AvgIpc) is 2.95. The summed E-state index contributed by atoms with van der Waals surface area (Å²) >= 11 is 3.51. The normalized spacial score (nSPS) is 16.4.